The van der Waals surface area contributed by atoms with E-state index in [1.807, 2.05) is 12.3 Å². The fraction of sp³-hybridized carbons (Fsp3) is 0.364. The second-order valence-electron chi connectivity index (χ2n) is 3.77. The summed E-state index contributed by atoms with van der Waals surface area (Å²) in [6.07, 6.45) is 1.50. The summed E-state index contributed by atoms with van der Waals surface area (Å²) < 4.78 is 0. The zero-order chi connectivity index (χ0) is 10.7. The molecular weight excluding hydrogens is 190 g/mol. The molecule has 3 N–H and O–H groups in total. The van der Waals surface area contributed by atoms with Crippen molar-refractivity contribution in [2.75, 3.05) is 6.54 Å². The van der Waals surface area contributed by atoms with E-state index in [0.717, 1.165) is 17.4 Å². The Balaban J connectivity index is 2.02. The topological polar surface area (TPSA) is 60.9 Å². The lowest BCUT2D eigenvalue weighted by atomic mass is 10.1. The minimum atomic E-state index is -0.305. The van der Waals surface area contributed by atoms with Gasteiger partial charge >= 0.3 is 0 Å². The largest absolute Gasteiger partial charge is 0.392 e. The summed E-state index contributed by atoms with van der Waals surface area (Å²) in [4.78, 5) is 0. The van der Waals surface area contributed by atoms with Gasteiger partial charge in [0, 0.05) is 18.5 Å². The maximum atomic E-state index is 9.09. The number of benzene rings is 1. The molecule has 0 bridgehead atoms. The molecule has 0 amide bonds. The molecule has 0 aliphatic heterocycles. The van der Waals surface area contributed by atoms with E-state index in [0.29, 0.717) is 6.54 Å². The van der Waals surface area contributed by atoms with Gasteiger partial charge in [0.15, 0.2) is 0 Å². The van der Waals surface area contributed by atoms with Gasteiger partial charge in [0.25, 0.3) is 0 Å². The predicted molar refractivity (Wildman–Crippen MR) is 59.5 cm³/mol. The highest BCUT2D eigenvalue weighted by Gasteiger charge is 1.99. The number of nitrogens with one attached hydrogen (secondary N) is 2. The second kappa shape index (κ2) is 4.42. The van der Waals surface area contributed by atoms with Crippen LogP contribution in [0.1, 0.15) is 12.5 Å². The Morgan fingerprint density at radius 1 is 1.53 bits per heavy atom. The second-order valence-corrected chi connectivity index (χ2v) is 3.77. The summed E-state index contributed by atoms with van der Waals surface area (Å²) in [5, 5.41) is 20.3. The van der Waals surface area contributed by atoms with Gasteiger partial charge < -0.3 is 10.4 Å². The molecule has 1 aromatic carbocycles. The van der Waals surface area contributed by atoms with Crippen molar-refractivity contribution in [2.45, 2.75) is 19.6 Å². The Hall–Kier alpha value is -1.39. The van der Waals surface area contributed by atoms with Crippen molar-refractivity contribution in [3.63, 3.8) is 0 Å². The quantitative estimate of drug-likeness (QED) is 0.698. The molecule has 4 heteroatoms. The third-order valence-corrected chi connectivity index (χ3v) is 2.28. The Morgan fingerprint density at radius 2 is 2.40 bits per heavy atom. The maximum Gasteiger partial charge on any atom is 0.0653 e. The molecule has 2 rings (SSSR count). The van der Waals surface area contributed by atoms with Crippen molar-refractivity contribution in [3.8, 4) is 0 Å². The molecule has 80 valence electrons. The first kappa shape index (κ1) is 10.1. The van der Waals surface area contributed by atoms with Crippen molar-refractivity contribution in [1.29, 1.82) is 0 Å². The van der Waals surface area contributed by atoms with Crippen molar-refractivity contribution < 1.29 is 5.11 Å². The van der Waals surface area contributed by atoms with Crippen LogP contribution in [0.4, 0.5) is 0 Å². The van der Waals surface area contributed by atoms with Crippen molar-refractivity contribution in [3.05, 3.63) is 30.0 Å². The van der Waals surface area contributed by atoms with Gasteiger partial charge in [-0.25, -0.2) is 0 Å². The summed E-state index contributed by atoms with van der Waals surface area (Å²) in [5.74, 6) is 0. The molecule has 0 unspecified atom stereocenters. The van der Waals surface area contributed by atoms with Gasteiger partial charge in [-0.2, -0.15) is 5.10 Å². The number of fused-ring (bicyclic) bond motifs is 1. The van der Waals surface area contributed by atoms with Crippen LogP contribution in [0.25, 0.3) is 10.9 Å². The molecule has 0 aliphatic rings. The smallest absolute Gasteiger partial charge is 0.0653 e. The fourth-order valence-corrected chi connectivity index (χ4v) is 1.52. The van der Waals surface area contributed by atoms with E-state index in [1.165, 1.54) is 5.56 Å². The fourth-order valence-electron chi connectivity index (χ4n) is 1.52. The van der Waals surface area contributed by atoms with Crippen LogP contribution in [0.15, 0.2) is 24.4 Å². The number of hydrogen-bond donors (Lipinski definition) is 3. The van der Waals surface area contributed by atoms with Gasteiger partial charge in [-0.05, 0) is 18.6 Å². The SMILES string of the molecule is C[C@H](O)CNCc1ccc2cn[nH]c2c1. The van der Waals surface area contributed by atoms with E-state index in [1.54, 1.807) is 6.92 Å². The minimum Gasteiger partial charge on any atom is -0.392 e. The number of H-pyrrole nitrogens is 1. The number of aliphatic hydroxyl groups is 1. The molecule has 0 aliphatic carbocycles. The van der Waals surface area contributed by atoms with Gasteiger partial charge in [-0.3, -0.25) is 5.10 Å². The zero-order valence-corrected chi connectivity index (χ0v) is 8.70. The third-order valence-electron chi connectivity index (χ3n) is 2.28. The average Bonchev–Trinajstić information content (AvgIpc) is 2.64. The predicted octanol–water partition coefficient (Wildman–Crippen LogP) is 1.03. The molecule has 1 atom stereocenters. The summed E-state index contributed by atoms with van der Waals surface area (Å²) >= 11 is 0. The van der Waals surface area contributed by atoms with Crippen LogP contribution in [-0.2, 0) is 6.54 Å². The molecule has 0 saturated carbocycles. The van der Waals surface area contributed by atoms with Crippen molar-refractivity contribution >= 4 is 10.9 Å². The zero-order valence-electron chi connectivity index (χ0n) is 8.70. The number of rotatable bonds is 4. The van der Waals surface area contributed by atoms with Gasteiger partial charge in [-0.15, -0.1) is 0 Å². The Morgan fingerprint density at radius 3 is 3.20 bits per heavy atom. The number of nitrogens with zero attached hydrogens (tertiary/aromatic N) is 1. The number of hydrogen-bond acceptors (Lipinski definition) is 3. The summed E-state index contributed by atoms with van der Waals surface area (Å²) in [7, 11) is 0. The van der Waals surface area contributed by atoms with Crippen molar-refractivity contribution in [1.82, 2.24) is 15.5 Å². The van der Waals surface area contributed by atoms with Crippen LogP contribution in [0, 0.1) is 0 Å². The molecule has 0 saturated heterocycles. The lowest BCUT2D eigenvalue weighted by Crippen LogP contribution is -2.23. The van der Waals surface area contributed by atoms with Gasteiger partial charge in [0.1, 0.15) is 0 Å². The van der Waals surface area contributed by atoms with E-state index in [9.17, 15) is 0 Å². The minimum absolute atomic E-state index is 0.305. The molecule has 2 aromatic rings. The lowest BCUT2D eigenvalue weighted by molar-refractivity contribution is 0.191. The normalized spacial score (nSPS) is 13.2. The molecular formula is C11H15N3O. The monoisotopic (exact) mass is 205 g/mol. The Kier molecular flexibility index (Phi) is 2.99. The standard InChI is InChI=1S/C11H15N3O/c1-8(15)5-12-6-9-2-3-10-7-13-14-11(10)4-9/h2-4,7-8,12,15H,5-6H2,1H3,(H,13,14)/t8-/m0/s1. The molecule has 0 fully saturated rings. The van der Waals surface area contributed by atoms with Gasteiger partial charge in [-0.1, -0.05) is 12.1 Å². The number of aliphatic hydroxyl groups excluding tert-OH is 1. The molecule has 1 aromatic heterocycles. The molecule has 0 radical (unpaired) electrons. The van der Waals surface area contributed by atoms with Gasteiger partial charge in [0.05, 0.1) is 17.8 Å². The number of aromatic amines is 1. The maximum absolute atomic E-state index is 9.09. The third kappa shape index (κ3) is 2.55. The first-order valence-corrected chi connectivity index (χ1v) is 5.06. The van der Waals surface area contributed by atoms with Crippen LogP contribution < -0.4 is 5.32 Å². The molecule has 1 heterocycles. The van der Waals surface area contributed by atoms with Crippen LogP contribution in [0.3, 0.4) is 0 Å². The summed E-state index contributed by atoms with van der Waals surface area (Å²) in [6.45, 7) is 3.14. The molecule has 15 heavy (non-hydrogen) atoms. The van der Waals surface area contributed by atoms with E-state index in [4.69, 9.17) is 5.11 Å². The van der Waals surface area contributed by atoms with E-state index in [-0.39, 0.29) is 6.10 Å². The summed E-state index contributed by atoms with van der Waals surface area (Å²) in [5.41, 5.74) is 2.23. The van der Waals surface area contributed by atoms with E-state index >= 15 is 0 Å². The van der Waals surface area contributed by atoms with Crippen molar-refractivity contribution in [2.24, 2.45) is 0 Å². The lowest BCUT2D eigenvalue weighted by Gasteiger charge is -2.06. The molecule has 4 nitrogen and oxygen atoms in total. The first-order chi connectivity index (χ1) is 7.25. The molecule has 0 spiro atoms. The average molecular weight is 205 g/mol. The van der Waals surface area contributed by atoms with Crippen LogP contribution in [-0.4, -0.2) is 28.0 Å². The van der Waals surface area contributed by atoms with Crippen LogP contribution in [0.5, 0.6) is 0 Å². The van der Waals surface area contributed by atoms with E-state index in [2.05, 4.69) is 27.6 Å². The summed E-state index contributed by atoms with van der Waals surface area (Å²) in [6, 6.07) is 6.17. The Bertz CT molecular complexity index is 436. The highest BCUT2D eigenvalue weighted by atomic mass is 16.3. The van der Waals surface area contributed by atoms with Crippen LogP contribution >= 0.6 is 0 Å². The first-order valence-electron chi connectivity index (χ1n) is 5.06. The van der Waals surface area contributed by atoms with Gasteiger partial charge in [0.2, 0.25) is 0 Å². The number of aromatic nitrogens is 2. The van der Waals surface area contributed by atoms with Crippen LogP contribution in [0.2, 0.25) is 0 Å². The highest BCUT2D eigenvalue weighted by molar-refractivity contribution is 5.78. The Labute approximate surface area is 88.3 Å². The highest BCUT2D eigenvalue weighted by Crippen LogP contribution is 2.12. The van der Waals surface area contributed by atoms with E-state index < -0.39 is 0 Å².